The molecule has 34 heavy (non-hydrogen) atoms. The lowest BCUT2D eigenvalue weighted by Crippen LogP contribution is -2.33. The maximum absolute atomic E-state index is 12.9. The number of aryl methyl sites for hydroxylation is 2. The van der Waals surface area contributed by atoms with Crippen LogP contribution in [-0.2, 0) is 17.4 Å². The fraction of sp³-hybridized carbons (Fsp3) is 0.350. The number of aromatic nitrogens is 4. The third-order valence-corrected chi connectivity index (χ3v) is 4.78. The van der Waals surface area contributed by atoms with E-state index < -0.39 is 36.5 Å². The zero-order valence-electron chi connectivity index (χ0n) is 17.8. The maximum atomic E-state index is 12.9. The van der Waals surface area contributed by atoms with Gasteiger partial charge in [0.1, 0.15) is 6.54 Å². The summed E-state index contributed by atoms with van der Waals surface area (Å²) in [5.41, 5.74) is 1.61. The SMILES string of the molecule is Cc1nc2nc(C(F)(F)F)nn2c(C)c1CCC(=O)Nc1ccc(C(=O)NCC(F)(F)F)cc1. The summed E-state index contributed by atoms with van der Waals surface area (Å²) in [5, 5.41) is 7.77. The number of halogens is 6. The number of fused-ring (bicyclic) bond motifs is 1. The second-order valence-electron chi connectivity index (χ2n) is 7.33. The maximum Gasteiger partial charge on any atom is 0.453 e. The van der Waals surface area contributed by atoms with Crippen LogP contribution in [0.1, 0.15) is 39.6 Å². The molecule has 2 aromatic heterocycles. The third kappa shape index (κ3) is 5.99. The van der Waals surface area contributed by atoms with E-state index in [-0.39, 0.29) is 24.2 Å². The van der Waals surface area contributed by atoms with Crippen LogP contribution in [0.15, 0.2) is 24.3 Å². The number of amides is 2. The van der Waals surface area contributed by atoms with E-state index in [2.05, 4.69) is 20.4 Å². The van der Waals surface area contributed by atoms with Crippen LogP contribution in [0.3, 0.4) is 0 Å². The highest BCUT2D eigenvalue weighted by Gasteiger charge is 2.37. The number of nitrogens with zero attached hydrogens (tertiary/aromatic N) is 4. The number of carbonyl (C=O) groups excluding carboxylic acids is 2. The number of hydrogen-bond acceptors (Lipinski definition) is 5. The highest BCUT2D eigenvalue weighted by Crippen LogP contribution is 2.27. The van der Waals surface area contributed by atoms with E-state index in [1.807, 2.05) is 0 Å². The first-order valence-corrected chi connectivity index (χ1v) is 9.79. The summed E-state index contributed by atoms with van der Waals surface area (Å²) in [4.78, 5) is 31.5. The second kappa shape index (κ2) is 9.27. The average Bonchev–Trinajstić information content (AvgIpc) is 3.16. The zero-order chi connectivity index (χ0) is 25.3. The van der Waals surface area contributed by atoms with Crippen molar-refractivity contribution < 1.29 is 35.9 Å². The van der Waals surface area contributed by atoms with Gasteiger partial charge in [-0.25, -0.2) is 9.50 Å². The van der Waals surface area contributed by atoms with E-state index >= 15 is 0 Å². The molecule has 3 rings (SSSR count). The number of hydrogen-bond donors (Lipinski definition) is 2. The van der Waals surface area contributed by atoms with Crippen LogP contribution in [0.25, 0.3) is 5.78 Å². The number of rotatable bonds is 6. The Morgan fingerprint density at radius 2 is 1.65 bits per heavy atom. The van der Waals surface area contributed by atoms with Crippen molar-refractivity contribution in [1.82, 2.24) is 24.9 Å². The number of alkyl halides is 6. The number of benzene rings is 1. The summed E-state index contributed by atoms with van der Waals surface area (Å²) < 4.78 is 76.2. The largest absolute Gasteiger partial charge is 0.453 e. The highest BCUT2D eigenvalue weighted by atomic mass is 19.4. The van der Waals surface area contributed by atoms with Crippen LogP contribution in [0.4, 0.5) is 32.0 Å². The lowest BCUT2D eigenvalue weighted by Gasteiger charge is -2.11. The Morgan fingerprint density at radius 1 is 1.00 bits per heavy atom. The molecular formula is C20H18F6N6O2. The standard InChI is InChI=1S/C20H18F6N6O2/c1-10-14(11(2)32-18(28-10)30-17(31-32)20(24,25)26)7-8-15(33)29-13-5-3-12(4-6-13)16(34)27-9-19(21,22)23/h3-6H,7-9H2,1-2H3,(H,27,34)(H,29,33). The number of carbonyl (C=O) groups is 2. The fourth-order valence-corrected chi connectivity index (χ4v) is 3.14. The Hall–Kier alpha value is -3.71. The van der Waals surface area contributed by atoms with Gasteiger partial charge in [0.2, 0.25) is 5.91 Å². The summed E-state index contributed by atoms with van der Waals surface area (Å²) in [6, 6.07) is 5.24. The van der Waals surface area contributed by atoms with Crippen LogP contribution < -0.4 is 10.6 Å². The summed E-state index contributed by atoms with van der Waals surface area (Å²) in [6.07, 6.45) is -9.13. The Kier molecular flexibility index (Phi) is 6.79. The summed E-state index contributed by atoms with van der Waals surface area (Å²) in [5.74, 6) is -2.85. The first kappa shape index (κ1) is 24.9. The van der Waals surface area contributed by atoms with Crippen molar-refractivity contribution >= 4 is 23.3 Å². The van der Waals surface area contributed by atoms with Crippen molar-refractivity contribution in [3.63, 3.8) is 0 Å². The molecule has 2 N–H and O–H groups in total. The van der Waals surface area contributed by atoms with Gasteiger partial charge >= 0.3 is 12.4 Å². The minimum Gasteiger partial charge on any atom is -0.343 e. The molecule has 14 heteroatoms. The first-order valence-electron chi connectivity index (χ1n) is 9.79. The molecule has 0 saturated carbocycles. The average molecular weight is 488 g/mol. The van der Waals surface area contributed by atoms with Gasteiger partial charge in [-0.1, -0.05) is 0 Å². The van der Waals surface area contributed by atoms with Crippen LogP contribution in [0, 0.1) is 13.8 Å². The third-order valence-electron chi connectivity index (χ3n) is 4.78. The lowest BCUT2D eigenvalue weighted by molar-refractivity contribution is -0.144. The molecule has 2 heterocycles. The van der Waals surface area contributed by atoms with Crippen LogP contribution in [0.2, 0.25) is 0 Å². The monoisotopic (exact) mass is 488 g/mol. The molecule has 0 unspecified atom stereocenters. The minimum absolute atomic E-state index is 0.0149. The fourth-order valence-electron chi connectivity index (χ4n) is 3.14. The topological polar surface area (TPSA) is 101 Å². The van der Waals surface area contributed by atoms with Crippen LogP contribution in [0.5, 0.6) is 0 Å². The molecule has 182 valence electrons. The first-order chi connectivity index (χ1) is 15.7. The molecule has 0 spiro atoms. The van der Waals surface area contributed by atoms with E-state index in [0.29, 0.717) is 22.6 Å². The molecule has 0 aliphatic carbocycles. The molecule has 8 nitrogen and oxygen atoms in total. The molecular weight excluding hydrogens is 470 g/mol. The van der Waals surface area contributed by atoms with Crippen molar-refractivity contribution in [2.75, 3.05) is 11.9 Å². The molecule has 0 radical (unpaired) electrons. The Balaban J connectivity index is 1.63. The Morgan fingerprint density at radius 3 is 2.24 bits per heavy atom. The molecule has 0 bridgehead atoms. The molecule has 2 amide bonds. The molecule has 3 aromatic rings. The summed E-state index contributed by atoms with van der Waals surface area (Å²) >= 11 is 0. The molecule has 0 aliphatic heterocycles. The van der Waals surface area contributed by atoms with Crippen molar-refractivity contribution in [2.24, 2.45) is 0 Å². The number of nitrogens with one attached hydrogen (secondary N) is 2. The van der Waals surface area contributed by atoms with Gasteiger partial charge in [-0.3, -0.25) is 9.59 Å². The molecule has 0 fully saturated rings. The van der Waals surface area contributed by atoms with Gasteiger partial charge in [0, 0.05) is 29.1 Å². The smallest absolute Gasteiger partial charge is 0.343 e. The van der Waals surface area contributed by atoms with E-state index in [0.717, 1.165) is 4.52 Å². The zero-order valence-corrected chi connectivity index (χ0v) is 17.8. The molecule has 1 aromatic carbocycles. The van der Waals surface area contributed by atoms with E-state index in [9.17, 15) is 35.9 Å². The van der Waals surface area contributed by atoms with Gasteiger partial charge in [0.25, 0.3) is 17.5 Å². The second-order valence-corrected chi connectivity index (χ2v) is 7.33. The Labute approximate surface area is 188 Å². The lowest BCUT2D eigenvalue weighted by atomic mass is 10.1. The Bertz CT molecular complexity index is 1220. The van der Waals surface area contributed by atoms with E-state index in [1.165, 1.54) is 24.3 Å². The van der Waals surface area contributed by atoms with Gasteiger partial charge in [-0.2, -0.15) is 31.3 Å². The van der Waals surface area contributed by atoms with Gasteiger partial charge in [-0.05, 0) is 50.1 Å². The van der Waals surface area contributed by atoms with Gasteiger partial charge in [-0.15, -0.1) is 5.10 Å². The van der Waals surface area contributed by atoms with Gasteiger partial charge in [0.05, 0.1) is 0 Å². The van der Waals surface area contributed by atoms with E-state index in [1.54, 1.807) is 19.2 Å². The summed E-state index contributed by atoms with van der Waals surface area (Å²) in [6.45, 7) is 1.67. The van der Waals surface area contributed by atoms with Gasteiger partial charge in [0.15, 0.2) is 0 Å². The van der Waals surface area contributed by atoms with Crippen molar-refractivity contribution in [2.45, 2.75) is 39.0 Å². The van der Waals surface area contributed by atoms with Crippen molar-refractivity contribution in [3.8, 4) is 0 Å². The number of anilines is 1. The molecule has 0 aliphatic rings. The summed E-state index contributed by atoms with van der Waals surface area (Å²) in [7, 11) is 0. The van der Waals surface area contributed by atoms with Crippen LogP contribution >= 0.6 is 0 Å². The minimum atomic E-state index is -4.72. The normalized spacial score (nSPS) is 12.1. The van der Waals surface area contributed by atoms with E-state index in [4.69, 9.17) is 0 Å². The van der Waals surface area contributed by atoms with Crippen molar-refractivity contribution in [1.29, 1.82) is 0 Å². The quantitative estimate of drug-likeness (QED) is 0.517. The predicted octanol–water partition coefficient (Wildman–Crippen LogP) is 3.62. The highest BCUT2D eigenvalue weighted by molar-refractivity contribution is 5.95. The van der Waals surface area contributed by atoms with Crippen LogP contribution in [-0.4, -0.2) is 44.1 Å². The molecule has 0 saturated heterocycles. The molecule has 0 atom stereocenters. The van der Waals surface area contributed by atoms with Crippen molar-refractivity contribution in [3.05, 3.63) is 52.6 Å². The van der Waals surface area contributed by atoms with Gasteiger partial charge < -0.3 is 10.6 Å². The predicted molar refractivity (Wildman–Crippen MR) is 107 cm³/mol.